The lowest BCUT2D eigenvalue weighted by molar-refractivity contribution is -0.148. The fraction of sp³-hybridized carbons (Fsp3) is 0.429. The van der Waals surface area contributed by atoms with Crippen LogP contribution in [-0.4, -0.2) is 30.6 Å². The van der Waals surface area contributed by atoms with Gasteiger partial charge in [0.1, 0.15) is 6.61 Å². The largest absolute Gasteiger partial charge is 0.468 e. The van der Waals surface area contributed by atoms with Gasteiger partial charge in [-0.05, 0) is 5.56 Å². The smallest absolute Gasteiger partial charge is 0.315 e. The van der Waals surface area contributed by atoms with Crippen LogP contribution in [-0.2, 0) is 25.7 Å². The molecule has 0 heterocycles. The number of methoxy groups -OCH3 is 1. The van der Waals surface area contributed by atoms with Gasteiger partial charge in [0.25, 0.3) is 0 Å². The Hall–Kier alpha value is -1.49. The summed E-state index contributed by atoms with van der Waals surface area (Å²) in [5, 5.41) is 0. The summed E-state index contributed by atoms with van der Waals surface area (Å²) in [6.45, 7) is 2.07. The van der Waals surface area contributed by atoms with Crippen LogP contribution in [0.1, 0.15) is 12.5 Å². The molecule has 1 unspecified atom stereocenters. The van der Waals surface area contributed by atoms with Crippen LogP contribution < -0.4 is 0 Å². The zero-order valence-corrected chi connectivity index (χ0v) is 11.9. The number of ether oxygens (including phenoxy) is 2. The first-order chi connectivity index (χ1) is 9.13. The highest BCUT2D eigenvalue weighted by molar-refractivity contribution is 7.99. The predicted octanol–water partition coefficient (Wildman–Crippen LogP) is 2.27. The van der Waals surface area contributed by atoms with E-state index in [0.717, 1.165) is 5.56 Å². The molecule has 0 saturated carbocycles. The van der Waals surface area contributed by atoms with Crippen LogP contribution in [0.25, 0.3) is 0 Å². The van der Waals surface area contributed by atoms with E-state index in [2.05, 4.69) is 4.74 Å². The number of rotatable bonds is 7. The molecule has 0 amide bonds. The van der Waals surface area contributed by atoms with E-state index in [9.17, 15) is 9.59 Å². The molecule has 19 heavy (non-hydrogen) atoms. The van der Waals surface area contributed by atoms with Crippen molar-refractivity contribution in [2.45, 2.75) is 13.5 Å². The third-order valence-corrected chi connectivity index (χ3v) is 3.62. The summed E-state index contributed by atoms with van der Waals surface area (Å²) >= 11 is 1.37. The van der Waals surface area contributed by atoms with E-state index in [1.54, 1.807) is 6.92 Å². The first kappa shape index (κ1) is 15.6. The highest BCUT2D eigenvalue weighted by Gasteiger charge is 2.15. The molecule has 0 N–H and O–H groups in total. The molecule has 0 aliphatic carbocycles. The van der Waals surface area contributed by atoms with Crippen LogP contribution in [0.4, 0.5) is 0 Å². The van der Waals surface area contributed by atoms with Crippen molar-refractivity contribution in [3.63, 3.8) is 0 Å². The number of thioether (sulfide) groups is 1. The summed E-state index contributed by atoms with van der Waals surface area (Å²) in [6, 6.07) is 9.53. The predicted molar refractivity (Wildman–Crippen MR) is 74.7 cm³/mol. The Morgan fingerprint density at radius 3 is 2.58 bits per heavy atom. The van der Waals surface area contributed by atoms with E-state index in [-0.39, 0.29) is 30.2 Å². The molecule has 5 heteroatoms. The molecule has 0 fully saturated rings. The normalized spacial score (nSPS) is 11.7. The second kappa shape index (κ2) is 8.58. The van der Waals surface area contributed by atoms with Gasteiger partial charge in [0, 0.05) is 5.75 Å². The van der Waals surface area contributed by atoms with Gasteiger partial charge in [-0.1, -0.05) is 37.3 Å². The SMILES string of the molecule is COC(=O)CSCC(C)C(=O)OCc1ccccc1. The topological polar surface area (TPSA) is 52.6 Å². The standard InChI is InChI=1S/C14H18O4S/c1-11(9-19-10-13(15)17-2)14(16)18-8-12-6-4-3-5-7-12/h3-7,11H,8-10H2,1-2H3. The van der Waals surface area contributed by atoms with Crippen LogP contribution >= 0.6 is 11.8 Å². The van der Waals surface area contributed by atoms with Crippen LogP contribution in [0.3, 0.4) is 0 Å². The molecule has 1 aromatic carbocycles. The van der Waals surface area contributed by atoms with Crippen LogP contribution in [0.5, 0.6) is 0 Å². The van der Waals surface area contributed by atoms with Crippen LogP contribution in [0.2, 0.25) is 0 Å². The maximum atomic E-state index is 11.7. The molecule has 0 radical (unpaired) electrons. The number of carbonyl (C=O) groups excluding carboxylic acids is 2. The molecule has 1 atom stereocenters. The Morgan fingerprint density at radius 1 is 1.26 bits per heavy atom. The minimum Gasteiger partial charge on any atom is -0.468 e. The number of benzene rings is 1. The number of carbonyl (C=O) groups is 2. The van der Waals surface area contributed by atoms with Gasteiger partial charge in [0.05, 0.1) is 18.8 Å². The van der Waals surface area contributed by atoms with Gasteiger partial charge in [0.15, 0.2) is 0 Å². The number of hydrogen-bond donors (Lipinski definition) is 0. The van der Waals surface area contributed by atoms with Gasteiger partial charge < -0.3 is 9.47 Å². The molecule has 0 bridgehead atoms. The second-order valence-corrected chi connectivity index (χ2v) is 5.12. The van der Waals surface area contributed by atoms with Gasteiger partial charge in [0.2, 0.25) is 0 Å². The lowest BCUT2D eigenvalue weighted by atomic mass is 10.2. The maximum absolute atomic E-state index is 11.7. The monoisotopic (exact) mass is 282 g/mol. The van der Waals surface area contributed by atoms with Gasteiger partial charge >= 0.3 is 11.9 Å². The minimum atomic E-state index is -0.283. The summed E-state index contributed by atoms with van der Waals surface area (Å²) < 4.78 is 9.73. The summed E-state index contributed by atoms with van der Waals surface area (Å²) in [4.78, 5) is 22.6. The molecule has 0 saturated heterocycles. The molecule has 0 spiro atoms. The van der Waals surface area contributed by atoms with Crippen molar-refractivity contribution in [3.05, 3.63) is 35.9 Å². The van der Waals surface area contributed by atoms with Crippen LogP contribution in [0.15, 0.2) is 30.3 Å². The van der Waals surface area contributed by atoms with Crippen molar-refractivity contribution >= 4 is 23.7 Å². The highest BCUT2D eigenvalue weighted by atomic mass is 32.2. The van der Waals surface area contributed by atoms with Crippen LogP contribution in [0, 0.1) is 5.92 Å². The molecular weight excluding hydrogens is 264 g/mol. The molecule has 104 valence electrons. The Kier molecular flexibility index (Phi) is 7.03. The third kappa shape index (κ3) is 6.29. The third-order valence-electron chi connectivity index (χ3n) is 2.44. The Labute approximate surface area is 117 Å². The molecular formula is C14H18O4S. The van der Waals surface area contributed by atoms with E-state index in [4.69, 9.17) is 4.74 Å². The van der Waals surface area contributed by atoms with E-state index in [1.807, 2.05) is 30.3 Å². The highest BCUT2D eigenvalue weighted by Crippen LogP contribution is 2.11. The zero-order chi connectivity index (χ0) is 14.1. The Morgan fingerprint density at radius 2 is 1.95 bits per heavy atom. The number of esters is 2. The van der Waals surface area contributed by atoms with E-state index in [0.29, 0.717) is 5.75 Å². The minimum absolute atomic E-state index is 0.238. The fourth-order valence-electron chi connectivity index (χ4n) is 1.32. The molecule has 1 aromatic rings. The van der Waals surface area contributed by atoms with E-state index < -0.39 is 0 Å². The van der Waals surface area contributed by atoms with Gasteiger partial charge in [-0.15, -0.1) is 11.8 Å². The quantitative estimate of drug-likeness (QED) is 0.718. The average molecular weight is 282 g/mol. The van der Waals surface area contributed by atoms with Crippen molar-refractivity contribution in [1.82, 2.24) is 0 Å². The molecule has 0 aliphatic rings. The Bertz CT molecular complexity index is 405. The Balaban J connectivity index is 2.23. The lowest BCUT2D eigenvalue weighted by Gasteiger charge is -2.10. The molecule has 0 aromatic heterocycles. The van der Waals surface area contributed by atoms with Gasteiger partial charge in [-0.3, -0.25) is 9.59 Å². The molecule has 1 rings (SSSR count). The van der Waals surface area contributed by atoms with E-state index >= 15 is 0 Å². The maximum Gasteiger partial charge on any atom is 0.315 e. The number of hydrogen-bond acceptors (Lipinski definition) is 5. The fourth-order valence-corrected chi connectivity index (χ4v) is 2.21. The van der Waals surface area contributed by atoms with Crippen molar-refractivity contribution in [1.29, 1.82) is 0 Å². The average Bonchev–Trinajstić information content (AvgIpc) is 2.45. The summed E-state index contributed by atoms with van der Waals surface area (Å²) in [5.41, 5.74) is 0.963. The van der Waals surface area contributed by atoms with Crippen molar-refractivity contribution in [2.75, 3.05) is 18.6 Å². The first-order valence-electron chi connectivity index (χ1n) is 5.98. The second-order valence-electron chi connectivity index (χ2n) is 4.09. The van der Waals surface area contributed by atoms with Gasteiger partial charge in [-0.2, -0.15) is 0 Å². The zero-order valence-electron chi connectivity index (χ0n) is 11.1. The summed E-state index contributed by atoms with van der Waals surface area (Å²) in [7, 11) is 1.35. The van der Waals surface area contributed by atoms with Gasteiger partial charge in [-0.25, -0.2) is 0 Å². The van der Waals surface area contributed by atoms with E-state index in [1.165, 1.54) is 18.9 Å². The van der Waals surface area contributed by atoms with Crippen molar-refractivity contribution in [2.24, 2.45) is 5.92 Å². The van der Waals surface area contributed by atoms with Crippen molar-refractivity contribution < 1.29 is 19.1 Å². The molecule has 0 aliphatic heterocycles. The summed E-state index contributed by atoms with van der Waals surface area (Å²) in [5.74, 6) is 0.0321. The van der Waals surface area contributed by atoms with Crippen molar-refractivity contribution in [3.8, 4) is 0 Å². The summed E-state index contributed by atoms with van der Waals surface area (Å²) in [6.07, 6.45) is 0. The molecule has 4 nitrogen and oxygen atoms in total. The lowest BCUT2D eigenvalue weighted by Crippen LogP contribution is -2.17. The first-order valence-corrected chi connectivity index (χ1v) is 7.14.